The number of aryl methyl sites for hydroxylation is 2. The van der Waals surface area contributed by atoms with E-state index in [1.807, 2.05) is 12.1 Å². The first-order chi connectivity index (χ1) is 42.3. The van der Waals surface area contributed by atoms with Crippen LogP contribution in [-0.2, 0) is 63.5 Å². The molecule has 0 radical (unpaired) electrons. The molecule has 4 bridgehead atoms. The minimum Gasteiger partial charge on any atom is -0.490 e. The summed E-state index contributed by atoms with van der Waals surface area (Å²) in [6.45, 7) is 4.74. The quantitative estimate of drug-likeness (QED) is 0.141. The largest absolute Gasteiger partial charge is 0.490 e. The Labute approximate surface area is 527 Å². The number of fused-ring (bicyclic) bond motifs is 8. The maximum Gasteiger partial charge on any atom is 0.340 e. The molecule has 10 atom stereocenters. The molecule has 18 heteroatoms. The van der Waals surface area contributed by atoms with Gasteiger partial charge in [0, 0.05) is 88.5 Å². The number of carboxylic acid groups (broad SMARTS) is 2. The molecule has 2 saturated carbocycles. The number of halogens is 2. The summed E-state index contributed by atoms with van der Waals surface area (Å²) in [6.07, 6.45) is 20.7. The Bertz CT molecular complexity index is 3110. The van der Waals surface area contributed by atoms with Crippen molar-refractivity contribution in [3.63, 3.8) is 0 Å². The molecule has 16 nitrogen and oxygen atoms in total. The summed E-state index contributed by atoms with van der Waals surface area (Å²) in [7, 11) is 6.85. The number of aliphatic hydroxyl groups is 2. The van der Waals surface area contributed by atoms with Crippen molar-refractivity contribution in [1.29, 1.82) is 0 Å². The smallest absolute Gasteiger partial charge is 0.340 e. The number of carbonyl (C=O) groups is 4. The molecular weight excluding hydrogens is 1160 g/mol. The van der Waals surface area contributed by atoms with Gasteiger partial charge in [-0.15, -0.1) is 0 Å². The van der Waals surface area contributed by atoms with E-state index in [0.717, 1.165) is 124 Å². The molecule has 4 aromatic carbocycles. The number of hydrogen-bond acceptors (Lipinski definition) is 12. The van der Waals surface area contributed by atoms with E-state index >= 15 is 0 Å². The summed E-state index contributed by atoms with van der Waals surface area (Å²) in [5, 5.41) is 45.3. The highest BCUT2D eigenvalue weighted by molar-refractivity contribution is 6.31. The maximum absolute atomic E-state index is 13.2. The number of benzene rings is 4. The van der Waals surface area contributed by atoms with Gasteiger partial charge in [-0.05, 0) is 195 Å². The van der Waals surface area contributed by atoms with Gasteiger partial charge in [0.05, 0.1) is 49.6 Å². The fourth-order valence-corrected chi connectivity index (χ4v) is 15.9. The molecule has 12 rings (SSSR count). The summed E-state index contributed by atoms with van der Waals surface area (Å²) in [4.78, 5) is 59.3. The molecule has 4 aliphatic carbocycles. The minimum absolute atomic E-state index is 0.00133. The number of ether oxygens (including phenoxy) is 4. The monoisotopic (exact) mass is 1240 g/mol. The van der Waals surface area contributed by atoms with E-state index in [4.69, 9.17) is 42.1 Å². The SMILES string of the molecule is CO[C@H]1/C=C/CCCN(C)C(=O)C[C@@](O)(C(=O)O)c2ccc3c(c2)N(C[C@@H]2CC[C@H]21)C[C@@]1(CCCc2cc(Cl)ccc21)CO3.CO[C@H]1/C=C/CCCN(C)C(=O)C[C@](O)(C(=O)O)c2ccc3c(c2)N(C[C@@H]2CC[C@H]21)C[C@@]1(CCCc2cc(Cl)ccc21)CO3. The van der Waals surface area contributed by atoms with Gasteiger partial charge >= 0.3 is 11.9 Å². The zero-order chi connectivity index (χ0) is 62.1. The fraction of sp³-hybridized carbons (Fsp3) is 0.543. The molecule has 4 heterocycles. The van der Waals surface area contributed by atoms with E-state index in [9.17, 15) is 39.6 Å². The average Bonchev–Trinajstić information content (AvgIpc) is 1.78. The third-order valence-electron chi connectivity index (χ3n) is 21.0. The lowest BCUT2D eigenvalue weighted by Gasteiger charge is -2.46. The van der Waals surface area contributed by atoms with E-state index in [2.05, 4.69) is 58.4 Å². The molecule has 4 aliphatic heterocycles. The summed E-state index contributed by atoms with van der Waals surface area (Å²) in [6, 6.07) is 22.5. The molecule has 472 valence electrons. The lowest BCUT2D eigenvalue weighted by Crippen LogP contribution is -2.49. The van der Waals surface area contributed by atoms with E-state index in [1.165, 1.54) is 32.1 Å². The number of amides is 2. The minimum atomic E-state index is -2.38. The zero-order valence-corrected chi connectivity index (χ0v) is 52.8. The predicted octanol–water partition coefficient (Wildman–Crippen LogP) is 10.6. The van der Waals surface area contributed by atoms with Crippen LogP contribution in [0.3, 0.4) is 0 Å². The van der Waals surface area contributed by atoms with Crippen molar-refractivity contribution < 1.29 is 58.6 Å². The van der Waals surface area contributed by atoms with Gasteiger partial charge in [0.2, 0.25) is 11.8 Å². The number of carboxylic acids is 2. The Hall–Kier alpha value is -6.14. The van der Waals surface area contributed by atoms with Crippen LogP contribution in [-0.4, -0.2) is 147 Å². The Morgan fingerprint density at radius 1 is 0.580 bits per heavy atom. The van der Waals surface area contributed by atoms with Gasteiger partial charge in [-0.25, -0.2) is 9.59 Å². The van der Waals surface area contributed by atoms with Crippen LogP contribution in [0.2, 0.25) is 10.0 Å². The second-order valence-corrected chi connectivity index (χ2v) is 27.3. The van der Waals surface area contributed by atoms with Crippen LogP contribution in [0, 0.1) is 23.7 Å². The Morgan fingerprint density at radius 3 is 1.38 bits per heavy atom. The predicted molar refractivity (Wildman–Crippen MR) is 339 cm³/mol. The van der Waals surface area contributed by atoms with E-state index in [1.54, 1.807) is 64.7 Å². The number of aliphatic carboxylic acids is 2. The number of nitrogens with zero attached hydrogens (tertiary/aromatic N) is 4. The normalized spacial score (nSPS) is 31.5. The number of hydrogen-bond donors (Lipinski definition) is 4. The van der Waals surface area contributed by atoms with Crippen molar-refractivity contribution in [2.24, 2.45) is 23.7 Å². The standard InChI is InChI=1S/2C35H43ClN2O6/c2*1-37-16-5-3-4-8-30(43-2)27-12-9-24(27)20-38-21-34(15-6-7-23-17-26(36)11-13-28(23)34)22-44-31-14-10-25(18-29(31)38)35(42,33(40)41)19-32(37)39/h2*4,8,10-11,13-14,17-18,24,27,30,42H,3,5-7,9,12,15-16,19-22H2,1-2H3,(H,40,41)/b2*8-4+/t24-,27+,30-,34-,35+;24-,27+,30-,34-,35-/m00/s1. The summed E-state index contributed by atoms with van der Waals surface area (Å²) >= 11 is 12.8. The molecule has 4 N–H and O–H groups in total. The van der Waals surface area contributed by atoms with Crippen LogP contribution < -0.4 is 19.3 Å². The van der Waals surface area contributed by atoms with Crippen molar-refractivity contribution in [3.8, 4) is 11.5 Å². The van der Waals surface area contributed by atoms with Crippen LogP contribution >= 0.6 is 23.2 Å². The molecule has 0 unspecified atom stereocenters. The van der Waals surface area contributed by atoms with Crippen molar-refractivity contribution >= 4 is 58.3 Å². The number of anilines is 2. The van der Waals surface area contributed by atoms with Crippen molar-refractivity contribution in [2.45, 2.75) is 137 Å². The van der Waals surface area contributed by atoms with Gasteiger partial charge in [0.1, 0.15) is 11.5 Å². The first-order valence-electron chi connectivity index (χ1n) is 31.7. The molecule has 2 fully saturated rings. The molecule has 8 aliphatic rings. The van der Waals surface area contributed by atoms with Crippen molar-refractivity contribution in [1.82, 2.24) is 9.80 Å². The van der Waals surface area contributed by atoms with Gasteiger partial charge in [-0.1, -0.05) is 71.8 Å². The highest BCUT2D eigenvalue weighted by atomic mass is 35.5. The van der Waals surface area contributed by atoms with E-state index < -0.39 is 47.8 Å². The molecule has 0 saturated heterocycles. The highest BCUT2D eigenvalue weighted by Crippen LogP contribution is 2.50. The lowest BCUT2D eigenvalue weighted by molar-refractivity contribution is -0.164. The van der Waals surface area contributed by atoms with E-state index in [-0.39, 0.29) is 34.2 Å². The van der Waals surface area contributed by atoms with Crippen LogP contribution in [0.4, 0.5) is 11.4 Å². The van der Waals surface area contributed by atoms with Crippen LogP contribution in [0.25, 0.3) is 0 Å². The second-order valence-electron chi connectivity index (χ2n) is 26.4. The third-order valence-corrected chi connectivity index (χ3v) is 21.5. The van der Waals surface area contributed by atoms with Crippen molar-refractivity contribution in [3.05, 3.63) is 141 Å². The lowest BCUT2D eigenvalue weighted by atomic mass is 9.68. The Balaban J connectivity index is 0.000000182. The Kier molecular flexibility index (Phi) is 19.0. The van der Waals surface area contributed by atoms with Crippen molar-refractivity contribution in [2.75, 3.05) is 90.6 Å². The zero-order valence-electron chi connectivity index (χ0n) is 51.3. The topological polar surface area (TPSA) is 199 Å². The summed E-state index contributed by atoms with van der Waals surface area (Å²) in [5.41, 5.74) is 1.55. The second kappa shape index (κ2) is 26.4. The van der Waals surface area contributed by atoms with Crippen LogP contribution in [0.15, 0.2) is 97.1 Å². The molecule has 4 aromatic rings. The number of methoxy groups -OCH3 is 2. The van der Waals surface area contributed by atoms with Crippen LogP contribution in [0.1, 0.15) is 123 Å². The van der Waals surface area contributed by atoms with Gasteiger partial charge < -0.3 is 59.0 Å². The first-order valence-corrected chi connectivity index (χ1v) is 32.4. The number of allylic oxidation sites excluding steroid dienone is 2. The molecule has 2 amide bonds. The van der Waals surface area contributed by atoms with Gasteiger partial charge in [0.25, 0.3) is 0 Å². The third kappa shape index (κ3) is 12.7. The fourth-order valence-electron chi connectivity index (χ4n) is 15.5. The number of carbonyl (C=O) groups excluding carboxylic acids is 2. The first kappa shape index (κ1) is 63.4. The summed E-state index contributed by atoms with van der Waals surface area (Å²) in [5.74, 6) is -0.980. The van der Waals surface area contributed by atoms with Gasteiger partial charge in [-0.3, -0.25) is 9.59 Å². The van der Waals surface area contributed by atoms with Crippen LogP contribution in [0.5, 0.6) is 11.5 Å². The molecule has 0 aromatic heterocycles. The molecular formula is C70H86Cl2N4O12. The average molecular weight is 1250 g/mol. The summed E-state index contributed by atoms with van der Waals surface area (Å²) < 4.78 is 25.1. The maximum atomic E-state index is 13.2. The number of rotatable bonds is 4. The van der Waals surface area contributed by atoms with Gasteiger partial charge in [-0.2, -0.15) is 0 Å². The van der Waals surface area contributed by atoms with Gasteiger partial charge in [0.15, 0.2) is 11.2 Å². The van der Waals surface area contributed by atoms with E-state index in [0.29, 0.717) is 74.6 Å². The highest BCUT2D eigenvalue weighted by Gasteiger charge is 2.49. The molecule has 2 spiro atoms. The Morgan fingerprint density at radius 2 is 1.00 bits per heavy atom. The molecule has 88 heavy (non-hydrogen) atoms.